The third-order valence-corrected chi connectivity index (χ3v) is 6.19. The second-order valence-electron chi connectivity index (χ2n) is 8.35. The zero-order valence-electron chi connectivity index (χ0n) is 17.6. The highest BCUT2D eigenvalue weighted by atomic mass is 16.5. The number of carbonyl (C=O) groups is 1. The number of aromatic nitrogens is 3. The van der Waals surface area contributed by atoms with Crippen LogP contribution in [0.2, 0.25) is 0 Å². The summed E-state index contributed by atoms with van der Waals surface area (Å²) in [5.41, 5.74) is 3.11. The molecule has 2 saturated heterocycles. The predicted octanol–water partition coefficient (Wildman–Crippen LogP) is 0.942. The van der Waals surface area contributed by atoms with Gasteiger partial charge in [0.2, 0.25) is 0 Å². The Morgan fingerprint density at radius 2 is 2.03 bits per heavy atom. The van der Waals surface area contributed by atoms with E-state index in [0.717, 1.165) is 55.7 Å². The van der Waals surface area contributed by atoms with Crippen molar-refractivity contribution in [2.45, 2.75) is 37.8 Å². The van der Waals surface area contributed by atoms with Crippen LogP contribution in [-0.2, 0) is 9.53 Å². The molecule has 2 aliphatic rings. The zero-order chi connectivity index (χ0) is 21.4. The topological polar surface area (TPSA) is 92.0 Å². The first-order valence-electron chi connectivity index (χ1n) is 10.9. The molecule has 9 heteroatoms. The molecule has 1 atom stereocenters. The number of hydrogen-bond donors (Lipinski definition) is 2. The van der Waals surface area contributed by atoms with Gasteiger partial charge in [0.1, 0.15) is 25.5 Å². The summed E-state index contributed by atoms with van der Waals surface area (Å²) in [5, 5.41) is 18.4. The number of phenolic OH excluding ortho intramolecular Hbond substituents is 1. The number of anilines is 1. The lowest BCUT2D eigenvalue weighted by molar-refractivity contribution is -0.141. The maximum Gasteiger partial charge on any atom is 0.251 e. The Bertz CT molecular complexity index is 1100. The first kappa shape index (κ1) is 19.9. The highest BCUT2D eigenvalue weighted by Crippen LogP contribution is 2.30. The van der Waals surface area contributed by atoms with Crippen LogP contribution in [0.15, 0.2) is 36.5 Å². The van der Waals surface area contributed by atoms with E-state index < -0.39 is 0 Å². The quantitative estimate of drug-likeness (QED) is 0.612. The third-order valence-electron chi connectivity index (χ3n) is 6.19. The summed E-state index contributed by atoms with van der Waals surface area (Å²) in [5.74, 6) is 1.16. The van der Waals surface area contributed by atoms with Gasteiger partial charge in [-0.05, 0) is 43.3 Å². The summed E-state index contributed by atoms with van der Waals surface area (Å²) in [6, 6.07) is 9.36. The van der Waals surface area contributed by atoms with E-state index in [1.54, 1.807) is 18.3 Å². The monoisotopic (exact) mass is 419 g/mol. The Morgan fingerprint density at radius 1 is 1.23 bits per heavy atom. The van der Waals surface area contributed by atoms with Gasteiger partial charge in [-0.2, -0.15) is 9.61 Å². The van der Waals surface area contributed by atoms with E-state index in [2.05, 4.69) is 10.4 Å². The van der Waals surface area contributed by atoms with Crippen molar-refractivity contribution in [1.29, 1.82) is 0 Å². The number of nitrogens with zero attached hydrogens (tertiary/aromatic N) is 4. The van der Waals surface area contributed by atoms with E-state index in [-0.39, 0.29) is 23.8 Å². The van der Waals surface area contributed by atoms with Gasteiger partial charge in [-0.15, -0.1) is 0 Å². The van der Waals surface area contributed by atoms with Crippen LogP contribution in [0.3, 0.4) is 0 Å². The number of fused-ring (bicyclic) bond motifs is 1. The van der Waals surface area contributed by atoms with Crippen LogP contribution >= 0.6 is 0 Å². The number of likely N-dealkylation sites (tertiary alicyclic amines) is 1. The summed E-state index contributed by atoms with van der Waals surface area (Å²) in [6.07, 6.45) is 5.06. The molecule has 0 bridgehead atoms. The molecule has 2 fully saturated rings. The largest absolute Gasteiger partial charge is 0.507 e. The summed E-state index contributed by atoms with van der Waals surface area (Å²) >= 11 is 0. The fourth-order valence-corrected chi connectivity index (χ4v) is 4.43. The van der Waals surface area contributed by atoms with E-state index in [1.807, 2.05) is 35.5 Å². The van der Waals surface area contributed by atoms with Crippen molar-refractivity contribution >= 4 is 30.7 Å². The second kappa shape index (κ2) is 8.22. The molecule has 5 rings (SSSR count). The van der Waals surface area contributed by atoms with Crippen molar-refractivity contribution < 1.29 is 14.6 Å². The van der Waals surface area contributed by atoms with E-state index in [9.17, 15) is 9.90 Å². The molecule has 3 aromatic rings. The number of carbonyl (C=O) groups excluding carboxylic acids is 1. The minimum absolute atomic E-state index is 0.131. The highest BCUT2D eigenvalue weighted by Gasteiger charge is 2.31. The molecule has 4 heterocycles. The molecule has 0 aliphatic carbocycles. The van der Waals surface area contributed by atoms with E-state index in [4.69, 9.17) is 9.72 Å². The average Bonchev–Trinajstić information content (AvgIpc) is 3.45. The number of amides is 1. The molecule has 160 valence electrons. The van der Waals surface area contributed by atoms with E-state index in [0.29, 0.717) is 17.9 Å². The van der Waals surface area contributed by atoms with Crippen molar-refractivity contribution in [1.82, 2.24) is 19.5 Å². The number of piperidine rings is 1. The lowest BCUT2D eigenvalue weighted by Crippen LogP contribution is -2.46. The molecular weight excluding hydrogens is 393 g/mol. The van der Waals surface area contributed by atoms with Crippen molar-refractivity contribution in [3.05, 3.63) is 36.5 Å². The molecule has 0 spiro atoms. The van der Waals surface area contributed by atoms with Gasteiger partial charge in [0.05, 0.1) is 5.69 Å². The normalized spacial score (nSPS) is 19.7. The van der Waals surface area contributed by atoms with Crippen LogP contribution in [0.1, 0.15) is 25.7 Å². The van der Waals surface area contributed by atoms with Crippen molar-refractivity contribution in [3.63, 3.8) is 0 Å². The first-order valence-corrected chi connectivity index (χ1v) is 10.9. The number of hydrogen-bond acceptors (Lipinski definition) is 6. The maximum absolute atomic E-state index is 12.6. The van der Waals surface area contributed by atoms with Gasteiger partial charge in [-0.3, -0.25) is 4.79 Å². The lowest BCUT2D eigenvalue weighted by atomic mass is 10.0. The lowest BCUT2D eigenvalue weighted by Gasteiger charge is -2.34. The number of para-hydroxylation sites is 1. The predicted molar refractivity (Wildman–Crippen MR) is 120 cm³/mol. The molecule has 1 aromatic carbocycles. The SMILES string of the molecule is Bc1cnn2c(NC3CCN(C(=O)C4CCCO4)CC3)cc(-c3ccccc3O)nc12. The molecule has 0 radical (unpaired) electrons. The van der Waals surface area contributed by atoms with Crippen LogP contribution in [0.4, 0.5) is 5.82 Å². The van der Waals surface area contributed by atoms with E-state index in [1.165, 1.54) is 0 Å². The van der Waals surface area contributed by atoms with Gasteiger partial charge in [0.25, 0.3) is 5.91 Å². The van der Waals surface area contributed by atoms with Crippen LogP contribution in [0.5, 0.6) is 5.75 Å². The van der Waals surface area contributed by atoms with Crippen LogP contribution in [-0.4, -0.2) is 70.2 Å². The average molecular weight is 419 g/mol. The fourth-order valence-electron chi connectivity index (χ4n) is 4.43. The van der Waals surface area contributed by atoms with Gasteiger partial charge < -0.3 is 20.1 Å². The molecule has 2 N–H and O–H groups in total. The number of aromatic hydroxyl groups is 1. The Balaban J connectivity index is 1.36. The summed E-state index contributed by atoms with van der Waals surface area (Å²) in [4.78, 5) is 19.3. The minimum atomic E-state index is -0.252. The molecule has 1 amide bonds. The Hall–Kier alpha value is -3.07. The summed E-state index contributed by atoms with van der Waals surface area (Å²) in [7, 11) is 1.98. The van der Waals surface area contributed by atoms with Crippen LogP contribution in [0, 0.1) is 0 Å². The van der Waals surface area contributed by atoms with Gasteiger partial charge in [-0.1, -0.05) is 12.1 Å². The molecule has 2 aliphatic heterocycles. The Kier molecular flexibility index (Phi) is 5.27. The third kappa shape index (κ3) is 3.85. The van der Waals surface area contributed by atoms with Crippen molar-refractivity contribution in [2.75, 3.05) is 25.0 Å². The molecule has 2 aromatic heterocycles. The summed E-state index contributed by atoms with van der Waals surface area (Å²) < 4.78 is 7.37. The molecular formula is C22H26BN5O3. The number of benzene rings is 1. The van der Waals surface area contributed by atoms with Crippen molar-refractivity contribution in [2.24, 2.45) is 0 Å². The number of rotatable bonds is 4. The standard InChI is InChI=1S/C22H26BN5O3/c23-16-13-24-28-20(12-17(26-21(16)28)15-4-1-2-5-18(15)29)25-14-7-9-27(10-8-14)22(30)19-6-3-11-31-19/h1-2,4-5,12-14,19,25,29H,3,6-11,23H2. The van der Waals surface area contributed by atoms with Crippen LogP contribution < -0.4 is 10.8 Å². The van der Waals surface area contributed by atoms with Gasteiger partial charge in [0, 0.05) is 43.6 Å². The Labute approximate surface area is 181 Å². The number of nitrogens with one attached hydrogen (secondary N) is 1. The number of ether oxygens (including phenoxy) is 1. The maximum atomic E-state index is 12.6. The van der Waals surface area contributed by atoms with Crippen molar-refractivity contribution in [3.8, 4) is 17.0 Å². The van der Waals surface area contributed by atoms with Gasteiger partial charge in [0.15, 0.2) is 5.65 Å². The Morgan fingerprint density at radius 3 is 2.77 bits per heavy atom. The van der Waals surface area contributed by atoms with Gasteiger partial charge in [-0.25, -0.2) is 4.98 Å². The molecule has 0 saturated carbocycles. The smallest absolute Gasteiger partial charge is 0.251 e. The van der Waals surface area contributed by atoms with Crippen LogP contribution in [0.25, 0.3) is 16.9 Å². The fraction of sp³-hybridized carbons (Fsp3) is 0.409. The number of phenols is 1. The second-order valence-corrected chi connectivity index (χ2v) is 8.35. The zero-order valence-corrected chi connectivity index (χ0v) is 17.6. The van der Waals surface area contributed by atoms with Gasteiger partial charge >= 0.3 is 0 Å². The molecule has 31 heavy (non-hydrogen) atoms. The van der Waals surface area contributed by atoms with E-state index >= 15 is 0 Å². The molecule has 1 unspecified atom stereocenters. The minimum Gasteiger partial charge on any atom is -0.507 e. The molecule has 8 nitrogen and oxygen atoms in total. The highest BCUT2D eigenvalue weighted by molar-refractivity contribution is 6.36. The first-order chi connectivity index (χ1) is 15.1. The summed E-state index contributed by atoms with van der Waals surface area (Å²) in [6.45, 7) is 2.12.